The third-order valence-corrected chi connectivity index (χ3v) is 3.27. The molecule has 0 aromatic heterocycles. The van der Waals surface area contributed by atoms with Gasteiger partial charge in [-0.25, -0.2) is 0 Å². The summed E-state index contributed by atoms with van der Waals surface area (Å²) < 4.78 is 0. The Morgan fingerprint density at radius 3 is 1.86 bits per heavy atom. The van der Waals surface area contributed by atoms with Gasteiger partial charge in [-0.2, -0.15) is 0 Å². The van der Waals surface area contributed by atoms with Gasteiger partial charge in [0.1, 0.15) is 0 Å². The fraction of sp³-hybridized carbons (Fsp3) is 0.235. The molecule has 3 nitrogen and oxygen atoms in total. The smallest absolute Gasteiger partial charge is 0.304 e. The first-order valence-electron chi connectivity index (χ1n) is 6.80. The molecule has 0 aliphatic rings. The van der Waals surface area contributed by atoms with Crippen LogP contribution in [0.1, 0.15) is 23.5 Å². The predicted octanol–water partition coefficient (Wildman–Crippen LogP) is 3.30. The first-order chi connectivity index (χ1) is 9.77. The molecular weight excluding hydrogens is 286 g/mol. The largest absolute Gasteiger partial charge is 0.481 e. The molecule has 0 amide bonds. The first-order valence-corrected chi connectivity index (χ1v) is 6.80. The highest BCUT2D eigenvalue weighted by Crippen LogP contribution is 2.23. The predicted molar refractivity (Wildman–Crippen MR) is 87.1 cm³/mol. The SMILES string of the molecule is Cl.O=C(O)CCNCC(c1ccccc1)c1ccccc1. The van der Waals surface area contributed by atoms with Crippen LogP contribution >= 0.6 is 12.4 Å². The highest BCUT2D eigenvalue weighted by atomic mass is 35.5. The van der Waals surface area contributed by atoms with E-state index in [0.717, 1.165) is 6.54 Å². The van der Waals surface area contributed by atoms with Gasteiger partial charge in [0.25, 0.3) is 0 Å². The number of carbonyl (C=O) groups is 1. The first kappa shape index (κ1) is 17.2. The van der Waals surface area contributed by atoms with Crippen LogP contribution in [0.4, 0.5) is 0 Å². The minimum Gasteiger partial charge on any atom is -0.481 e. The van der Waals surface area contributed by atoms with E-state index in [2.05, 4.69) is 29.6 Å². The zero-order valence-corrected chi connectivity index (χ0v) is 12.6. The van der Waals surface area contributed by atoms with Crippen molar-refractivity contribution in [3.63, 3.8) is 0 Å². The maximum absolute atomic E-state index is 10.5. The average molecular weight is 306 g/mol. The lowest BCUT2D eigenvalue weighted by molar-refractivity contribution is -0.136. The molecule has 0 spiro atoms. The number of carboxylic acid groups (broad SMARTS) is 1. The van der Waals surface area contributed by atoms with Gasteiger partial charge in [0.2, 0.25) is 0 Å². The second-order valence-electron chi connectivity index (χ2n) is 4.72. The summed E-state index contributed by atoms with van der Waals surface area (Å²) in [5.74, 6) is -0.528. The van der Waals surface area contributed by atoms with E-state index < -0.39 is 5.97 Å². The van der Waals surface area contributed by atoms with Gasteiger partial charge in [0.15, 0.2) is 0 Å². The van der Waals surface area contributed by atoms with Gasteiger partial charge in [0.05, 0.1) is 6.42 Å². The number of hydrogen-bond donors (Lipinski definition) is 2. The Labute approximate surface area is 131 Å². The van der Waals surface area contributed by atoms with E-state index in [1.807, 2.05) is 36.4 Å². The molecule has 4 heteroatoms. The van der Waals surface area contributed by atoms with E-state index >= 15 is 0 Å². The van der Waals surface area contributed by atoms with Crippen LogP contribution in [0.15, 0.2) is 60.7 Å². The number of carboxylic acids is 1. The zero-order chi connectivity index (χ0) is 14.2. The third kappa shape index (κ3) is 5.58. The summed E-state index contributed by atoms with van der Waals surface area (Å²) in [7, 11) is 0. The zero-order valence-electron chi connectivity index (χ0n) is 11.7. The molecule has 112 valence electrons. The van der Waals surface area contributed by atoms with E-state index in [9.17, 15) is 4.79 Å². The normalized spacial score (nSPS) is 10.1. The minimum atomic E-state index is -0.770. The van der Waals surface area contributed by atoms with E-state index in [-0.39, 0.29) is 24.7 Å². The molecule has 0 heterocycles. The molecule has 0 unspecified atom stereocenters. The lowest BCUT2D eigenvalue weighted by Gasteiger charge is -2.18. The van der Waals surface area contributed by atoms with Crippen LogP contribution in [0.2, 0.25) is 0 Å². The number of benzene rings is 2. The Hall–Kier alpha value is -1.84. The van der Waals surface area contributed by atoms with Gasteiger partial charge in [-0.15, -0.1) is 12.4 Å². The molecule has 0 aliphatic carbocycles. The lowest BCUT2D eigenvalue weighted by atomic mass is 9.91. The second-order valence-corrected chi connectivity index (χ2v) is 4.72. The molecule has 2 aromatic rings. The Bertz CT molecular complexity index is 492. The number of aliphatic carboxylic acids is 1. The van der Waals surface area contributed by atoms with Crippen molar-refractivity contribution in [1.29, 1.82) is 0 Å². The molecule has 0 atom stereocenters. The van der Waals surface area contributed by atoms with Gasteiger partial charge >= 0.3 is 5.97 Å². The monoisotopic (exact) mass is 305 g/mol. The van der Waals surface area contributed by atoms with E-state index in [0.29, 0.717) is 6.54 Å². The van der Waals surface area contributed by atoms with Crippen molar-refractivity contribution in [3.05, 3.63) is 71.8 Å². The van der Waals surface area contributed by atoms with Gasteiger partial charge in [-0.3, -0.25) is 4.79 Å². The molecule has 0 aliphatic heterocycles. The minimum absolute atomic E-state index is 0. The lowest BCUT2D eigenvalue weighted by Crippen LogP contribution is -2.24. The van der Waals surface area contributed by atoms with Crippen molar-refractivity contribution in [2.75, 3.05) is 13.1 Å². The maximum atomic E-state index is 10.5. The molecule has 0 saturated carbocycles. The van der Waals surface area contributed by atoms with Crippen LogP contribution in [0.25, 0.3) is 0 Å². The number of nitrogens with one attached hydrogen (secondary N) is 1. The van der Waals surface area contributed by atoms with E-state index in [1.165, 1.54) is 11.1 Å². The fourth-order valence-corrected chi connectivity index (χ4v) is 2.24. The summed E-state index contributed by atoms with van der Waals surface area (Å²) in [5, 5.41) is 11.9. The topological polar surface area (TPSA) is 49.3 Å². The number of hydrogen-bond acceptors (Lipinski definition) is 2. The van der Waals surface area contributed by atoms with Crippen LogP contribution in [0, 0.1) is 0 Å². The van der Waals surface area contributed by atoms with Crippen molar-refractivity contribution in [1.82, 2.24) is 5.32 Å². The Balaban J connectivity index is 0.00000220. The van der Waals surface area contributed by atoms with E-state index in [4.69, 9.17) is 5.11 Å². The van der Waals surface area contributed by atoms with Crippen molar-refractivity contribution in [2.45, 2.75) is 12.3 Å². The van der Waals surface area contributed by atoms with Crippen LogP contribution in [-0.4, -0.2) is 24.2 Å². The van der Waals surface area contributed by atoms with Crippen LogP contribution in [0.5, 0.6) is 0 Å². The van der Waals surface area contributed by atoms with Gasteiger partial charge in [-0.05, 0) is 11.1 Å². The van der Waals surface area contributed by atoms with Crippen LogP contribution in [0.3, 0.4) is 0 Å². The highest BCUT2D eigenvalue weighted by molar-refractivity contribution is 5.85. The molecular formula is C17H20ClNO2. The summed E-state index contributed by atoms with van der Waals surface area (Å²) in [6.45, 7) is 1.23. The molecule has 0 saturated heterocycles. The Morgan fingerprint density at radius 1 is 0.952 bits per heavy atom. The van der Waals surface area contributed by atoms with E-state index in [1.54, 1.807) is 0 Å². The van der Waals surface area contributed by atoms with Crippen molar-refractivity contribution >= 4 is 18.4 Å². The third-order valence-electron chi connectivity index (χ3n) is 3.27. The summed E-state index contributed by atoms with van der Waals surface area (Å²) in [5.41, 5.74) is 2.48. The molecule has 0 radical (unpaired) electrons. The molecule has 2 rings (SSSR count). The van der Waals surface area contributed by atoms with Crippen molar-refractivity contribution in [3.8, 4) is 0 Å². The molecule has 2 aromatic carbocycles. The molecule has 2 N–H and O–H groups in total. The summed E-state index contributed by atoms with van der Waals surface area (Å²) in [6, 6.07) is 20.6. The second kappa shape index (κ2) is 9.16. The number of halogens is 1. The summed E-state index contributed by atoms with van der Waals surface area (Å²) in [4.78, 5) is 10.5. The quantitative estimate of drug-likeness (QED) is 0.772. The van der Waals surface area contributed by atoms with Gasteiger partial charge < -0.3 is 10.4 Å². The van der Waals surface area contributed by atoms with Crippen molar-refractivity contribution < 1.29 is 9.90 Å². The van der Waals surface area contributed by atoms with Crippen LogP contribution in [-0.2, 0) is 4.79 Å². The Kier molecular flexibility index (Phi) is 7.51. The Morgan fingerprint density at radius 2 is 1.43 bits per heavy atom. The van der Waals surface area contributed by atoms with Gasteiger partial charge in [0, 0.05) is 19.0 Å². The summed E-state index contributed by atoms with van der Waals surface area (Å²) in [6.07, 6.45) is 0.149. The summed E-state index contributed by atoms with van der Waals surface area (Å²) >= 11 is 0. The molecule has 0 fully saturated rings. The molecule has 0 bridgehead atoms. The maximum Gasteiger partial charge on any atom is 0.304 e. The van der Waals surface area contributed by atoms with Crippen molar-refractivity contribution in [2.24, 2.45) is 0 Å². The highest BCUT2D eigenvalue weighted by Gasteiger charge is 2.13. The van der Waals surface area contributed by atoms with Crippen LogP contribution < -0.4 is 5.32 Å². The molecule has 21 heavy (non-hydrogen) atoms. The van der Waals surface area contributed by atoms with Gasteiger partial charge in [-0.1, -0.05) is 60.7 Å². The standard InChI is InChI=1S/C17H19NO2.ClH/c19-17(20)11-12-18-13-16(14-7-3-1-4-8-14)15-9-5-2-6-10-15;/h1-10,16,18H,11-13H2,(H,19,20);1H. The fourth-order valence-electron chi connectivity index (χ4n) is 2.24. The number of rotatable bonds is 7. The average Bonchev–Trinajstić information content (AvgIpc) is 2.49.